The second-order valence-corrected chi connectivity index (χ2v) is 12.7. The summed E-state index contributed by atoms with van der Waals surface area (Å²) in [5.74, 6) is 1.59. The summed E-state index contributed by atoms with van der Waals surface area (Å²) in [6, 6.07) is 44.5. The van der Waals surface area contributed by atoms with Crippen LogP contribution < -0.4 is 0 Å². The van der Waals surface area contributed by atoms with Crippen LogP contribution in [0.3, 0.4) is 0 Å². The predicted octanol–water partition coefficient (Wildman–Crippen LogP) is 10.2. The number of benzene rings is 6. The Morgan fingerprint density at radius 2 is 0.760 bits per heavy atom. The molecule has 242 valence electrons. The number of aryl methyl sites for hydroxylation is 4. The highest BCUT2D eigenvalue weighted by Gasteiger charge is 2.17. The SMILES string of the molecule is Cc1ccc(C(=O)c2ccc(C(=O)c3ccc(C)c(-c4cc(-c5nc(-c6ccccc6)nc(-c6ccc(C)cc6)n5)ccc4C)c3)cc2)cc1. The maximum atomic E-state index is 13.8. The summed E-state index contributed by atoms with van der Waals surface area (Å²) in [6.07, 6.45) is 0. The van der Waals surface area contributed by atoms with Gasteiger partial charge in [-0.15, -0.1) is 0 Å². The molecule has 0 N–H and O–H groups in total. The van der Waals surface area contributed by atoms with Crippen LogP contribution >= 0.6 is 0 Å². The molecule has 0 radical (unpaired) electrons. The van der Waals surface area contributed by atoms with Crippen molar-refractivity contribution in [3.63, 3.8) is 0 Å². The number of hydrogen-bond acceptors (Lipinski definition) is 5. The van der Waals surface area contributed by atoms with Gasteiger partial charge in [0.15, 0.2) is 29.0 Å². The summed E-state index contributed by atoms with van der Waals surface area (Å²) in [5, 5.41) is 0. The maximum absolute atomic E-state index is 13.8. The van der Waals surface area contributed by atoms with Crippen LogP contribution in [-0.4, -0.2) is 26.5 Å². The number of aromatic nitrogens is 3. The van der Waals surface area contributed by atoms with E-state index < -0.39 is 0 Å². The van der Waals surface area contributed by atoms with Gasteiger partial charge in [0.1, 0.15) is 0 Å². The molecule has 0 bridgehead atoms. The van der Waals surface area contributed by atoms with Crippen LogP contribution in [0.25, 0.3) is 45.3 Å². The van der Waals surface area contributed by atoms with E-state index in [9.17, 15) is 9.59 Å². The van der Waals surface area contributed by atoms with Gasteiger partial charge in [-0.1, -0.05) is 139 Å². The first-order chi connectivity index (χ1) is 24.2. The molecule has 5 heteroatoms. The smallest absolute Gasteiger partial charge is 0.193 e. The predicted molar refractivity (Wildman–Crippen MR) is 200 cm³/mol. The van der Waals surface area contributed by atoms with Crippen LogP contribution in [0.5, 0.6) is 0 Å². The zero-order valence-electron chi connectivity index (χ0n) is 28.4. The fraction of sp³-hybridized carbons (Fsp3) is 0.0889. The first kappa shape index (κ1) is 32.2. The summed E-state index contributed by atoms with van der Waals surface area (Å²) in [7, 11) is 0. The molecule has 0 atom stereocenters. The largest absolute Gasteiger partial charge is 0.289 e. The van der Waals surface area contributed by atoms with Gasteiger partial charge in [0, 0.05) is 38.9 Å². The molecule has 7 aromatic rings. The summed E-state index contributed by atoms with van der Waals surface area (Å²) < 4.78 is 0. The molecule has 0 saturated carbocycles. The lowest BCUT2D eigenvalue weighted by atomic mass is 9.91. The molecule has 0 amide bonds. The van der Waals surface area contributed by atoms with E-state index in [-0.39, 0.29) is 11.6 Å². The van der Waals surface area contributed by atoms with E-state index in [0.29, 0.717) is 39.7 Å². The third kappa shape index (κ3) is 6.67. The Bertz CT molecular complexity index is 2360. The van der Waals surface area contributed by atoms with Crippen LogP contribution in [0.2, 0.25) is 0 Å². The van der Waals surface area contributed by atoms with E-state index >= 15 is 0 Å². The zero-order valence-corrected chi connectivity index (χ0v) is 28.4. The van der Waals surface area contributed by atoms with Gasteiger partial charge in [0.25, 0.3) is 0 Å². The summed E-state index contributed by atoms with van der Waals surface area (Å²) in [4.78, 5) is 41.5. The second kappa shape index (κ2) is 13.7. The van der Waals surface area contributed by atoms with Gasteiger partial charge in [-0.05, 0) is 62.1 Å². The highest BCUT2D eigenvalue weighted by atomic mass is 16.1. The van der Waals surface area contributed by atoms with Gasteiger partial charge in [0.05, 0.1) is 0 Å². The van der Waals surface area contributed by atoms with Crippen molar-refractivity contribution in [1.82, 2.24) is 15.0 Å². The van der Waals surface area contributed by atoms with Crippen molar-refractivity contribution >= 4 is 11.6 Å². The van der Waals surface area contributed by atoms with Crippen LogP contribution in [0.4, 0.5) is 0 Å². The molecule has 1 heterocycles. The number of carbonyl (C=O) groups excluding carboxylic acids is 2. The van der Waals surface area contributed by atoms with Crippen molar-refractivity contribution in [2.45, 2.75) is 27.7 Å². The van der Waals surface area contributed by atoms with Gasteiger partial charge in [-0.2, -0.15) is 0 Å². The summed E-state index contributed by atoms with van der Waals surface area (Å²) >= 11 is 0. The maximum Gasteiger partial charge on any atom is 0.193 e. The Balaban J connectivity index is 1.23. The number of carbonyl (C=O) groups is 2. The van der Waals surface area contributed by atoms with E-state index in [4.69, 9.17) is 15.0 Å². The quantitative estimate of drug-likeness (QED) is 0.153. The third-order valence-corrected chi connectivity index (χ3v) is 8.99. The van der Waals surface area contributed by atoms with Crippen molar-refractivity contribution in [1.29, 1.82) is 0 Å². The minimum Gasteiger partial charge on any atom is -0.289 e. The van der Waals surface area contributed by atoms with Crippen LogP contribution in [-0.2, 0) is 0 Å². The summed E-state index contributed by atoms with van der Waals surface area (Å²) in [5.41, 5.74) is 11.2. The lowest BCUT2D eigenvalue weighted by Gasteiger charge is -2.14. The van der Waals surface area contributed by atoms with Gasteiger partial charge in [-0.3, -0.25) is 9.59 Å². The molecule has 1 aromatic heterocycles. The number of ketones is 2. The fourth-order valence-electron chi connectivity index (χ4n) is 5.97. The van der Waals surface area contributed by atoms with Crippen molar-refractivity contribution < 1.29 is 9.59 Å². The number of nitrogens with zero attached hydrogens (tertiary/aromatic N) is 3. The monoisotopic (exact) mass is 649 g/mol. The van der Waals surface area contributed by atoms with E-state index in [1.54, 1.807) is 24.3 Å². The normalized spacial score (nSPS) is 11.0. The van der Waals surface area contributed by atoms with Crippen molar-refractivity contribution in [3.8, 4) is 45.3 Å². The van der Waals surface area contributed by atoms with E-state index in [1.807, 2.05) is 105 Å². The molecule has 5 nitrogen and oxygen atoms in total. The minimum atomic E-state index is -0.109. The molecule has 7 rings (SSSR count). The first-order valence-electron chi connectivity index (χ1n) is 16.6. The van der Waals surface area contributed by atoms with Crippen LogP contribution in [0, 0.1) is 27.7 Å². The van der Waals surface area contributed by atoms with E-state index in [0.717, 1.165) is 50.1 Å². The lowest BCUT2D eigenvalue weighted by molar-refractivity contribution is 0.102. The molecule has 0 saturated heterocycles. The standard InChI is InChI=1S/C45H35N3O2/c1-28-10-16-32(17-11-28)41(49)33-22-24-34(25-23-33)42(50)37-20-14-30(3)39(26-37)40-27-38(21-15-31(40)4)45-47-43(35-8-6-5-7-9-35)46-44(48-45)36-18-12-29(2)13-19-36/h5-27H,1-4H3. The molecule has 0 aliphatic heterocycles. The van der Waals surface area contributed by atoms with Crippen LogP contribution in [0.1, 0.15) is 54.1 Å². The Morgan fingerprint density at radius 3 is 1.32 bits per heavy atom. The fourth-order valence-corrected chi connectivity index (χ4v) is 5.97. The van der Waals surface area contributed by atoms with Gasteiger partial charge >= 0.3 is 0 Å². The Labute approximate surface area is 292 Å². The molecule has 0 aliphatic carbocycles. The first-order valence-corrected chi connectivity index (χ1v) is 16.6. The molecular weight excluding hydrogens is 615 g/mol. The highest BCUT2D eigenvalue weighted by molar-refractivity contribution is 6.12. The molecule has 50 heavy (non-hydrogen) atoms. The molecule has 0 unspecified atom stereocenters. The lowest BCUT2D eigenvalue weighted by Crippen LogP contribution is -2.05. The van der Waals surface area contributed by atoms with Gasteiger partial charge < -0.3 is 0 Å². The summed E-state index contributed by atoms with van der Waals surface area (Å²) in [6.45, 7) is 8.16. The Morgan fingerprint density at radius 1 is 0.380 bits per heavy atom. The third-order valence-electron chi connectivity index (χ3n) is 8.99. The van der Waals surface area contributed by atoms with Gasteiger partial charge in [-0.25, -0.2) is 15.0 Å². The van der Waals surface area contributed by atoms with E-state index in [2.05, 4.69) is 38.1 Å². The molecule has 0 spiro atoms. The average molecular weight is 650 g/mol. The molecule has 0 aliphatic rings. The van der Waals surface area contributed by atoms with Crippen molar-refractivity contribution in [2.24, 2.45) is 0 Å². The average Bonchev–Trinajstić information content (AvgIpc) is 3.15. The molecular formula is C45H35N3O2. The minimum absolute atomic E-state index is 0.0722. The second-order valence-electron chi connectivity index (χ2n) is 12.7. The van der Waals surface area contributed by atoms with Crippen molar-refractivity contribution in [2.75, 3.05) is 0 Å². The zero-order chi connectivity index (χ0) is 34.8. The molecule has 6 aromatic carbocycles. The van der Waals surface area contributed by atoms with Gasteiger partial charge in [0.2, 0.25) is 0 Å². The van der Waals surface area contributed by atoms with Crippen molar-refractivity contribution in [3.05, 3.63) is 184 Å². The highest BCUT2D eigenvalue weighted by Crippen LogP contribution is 2.33. The van der Waals surface area contributed by atoms with E-state index in [1.165, 1.54) is 0 Å². The number of rotatable bonds is 8. The number of hydrogen-bond donors (Lipinski definition) is 0. The molecule has 0 fully saturated rings. The Kier molecular flexibility index (Phi) is 8.80. The Hall–Kier alpha value is -6.33. The topological polar surface area (TPSA) is 72.8 Å². The van der Waals surface area contributed by atoms with Crippen LogP contribution in [0.15, 0.2) is 140 Å².